The molecule has 0 saturated heterocycles. The van der Waals surface area contributed by atoms with Crippen LogP contribution in [0.25, 0.3) is 0 Å². The van der Waals surface area contributed by atoms with Crippen molar-refractivity contribution in [1.29, 1.82) is 0 Å². The molecule has 0 spiro atoms. The SMILES string of the molecule is COc1ccc(SCC2(c3ccccc3)CC2CO[Si](c2ccccc2)(c2ccccc2)C(C)(C)C)cc1OC. The van der Waals surface area contributed by atoms with Crippen LogP contribution in [0.4, 0.5) is 0 Å². The lowest BCUT2D eigenvalue weighted by atomic mass is 9.95. The summed E-state index contributed by atoms with van der Waals surface area (Å²) in [7, 11) is 0.785. The summed E-state index contributed by atoms with van der Waals surface area (Å²) in [5.74, 6) is 2.96. The average Bonchev–Trinajstić information content (AvgIpc) is 3.71. The monoisotopic (exact) mass is 568 g/mol. The molecule has 1 aliphatic carbocycles. The second-order valence-electron chi connectivity index (χ2n) is 11.7. The summed E-state index contributed by atoms with van der Waals surface area (Å²) >= 11 is 1.89. The molecule has 0 bridgehead atoms. The maximum atomic E-state index is 7.38. The highest BCUT2D eigenvalue weighted by atomic mass is 32.2. The zero-order chi connectivity index (χ0) is 28.2. The number of thioether (sulfide) groups is 1. The van der Waals surface area contributed by atoms with Crippen molar-refractivity contribution in [1.82, 2.24) is 0 Å². The highest BCUT2D eigenvalue weighted by Gasteiger charge is 2.57. The second-order valence-corrected chi connectivity index (χ2v) is 17.1. The Hall–Kier alpha value is -2.99. The first-order valence-electron chi connectivity index (χ1n) is 14.0. The van der Waals surface area contributed by atoms with Gasteiger partial charge in [-0.3, -0.25) is 0 Å². The average molecular weight is 569 g/mol. The summed E-state index contributed by atoms with van der Waals surface area (Å²) in [4.78, 5) is 1.19. The van der Waals surface area contributed by atoms with Gasteiger partial charge in [0.05, 0.1) is 14.2 Å². The number of methoxy groups -OCH3 is 2. The van der Waals surface area contributed by atoms with E-state index in [1.54, 1.807) is 14.2 Å². The molecule has 4 aromatic carbocycles. The van der Waals surface area contributed by atoms with Gasteiger partial charge in [-0.2, -0.15) is 0 Å². The predicted molar refractivity (Wildman–Crippen MR) is 170 cm³/mol. The Morgan fingerprint density at radius 2 is 1.30 bits per heavy atom. The molecule has 0 amide bonds. The van der Waals surface area contributed by atoms with Crippen molar-refractivity contribution in [3.8, 4) is 11.5 Å². The quantitative estimate of drug-likeness (QED) is 0.140. The number of rotatable bonds is 11. The van der Waals surface area contributed by atoms with E-state index in [0.717, 1.165) is 30.3 Å². The smallest absolute Gasteiger partial charge is 0.261 e. The molecule has 2 unspecified atom stereocenters. The molecular weight excluding hydrogens is 529 g/mol. The van der Waals surface area contributed by atoms with Gasteiger partial charge >= 0.3 is 0 Å². The maximum absolute atomic E-state index is 7.38. The fraction of sp³-hybridized carbons (Fsp3) is 0.314. The van der Waals surface area contributed by atoms with Gasteiger partial charge in [0.2, 0.25) is 0 Å². The van der Waals surface area contributed by atoms with E-state index in [2.05, 4.69) is 124 Å². The van der Waals surface area contributed by atoms with E-state index in [4.69, 9.17) is 13.9 Å². The lowest BCUT2D eigenvalue weighted by Gasteiger charge is -2.43. The molecule has 1 saturated carbocycles. The Balaban J connectivity index is 1.44. The normalized spacial score (nSPS) is 18.8. The summed E-state index contributed by atoms with van der Waals surface area (Å²) in [5, 5.41) is 2.63. The van der Waals surface area contributed by atoms with Crippen LogP contribution in [0.5, 0.6) is 11.5 Å². The number of benzene rings is 4. The molecular formula is C35H40O3SSi. The van der Waals surface area contributed by atoms with E-state index >= 15 is 0 Å². The predicted octanol–water partition coefficient (Wildman–Crippen LogP) is 7.33. The number of hydrogen-bond donors (Lipinski definition) is 0. The van der Waals surface area contributed by atoms with E-state index in [-0.39, 0.29) is 10.5 Å². The molecule has 208 valence electrons. The topological polar surface area (TPSA) is 27.7 Å². The van der Waals surface area contributed by atoms with Crippen LogP contribution in [0, 0.1) is 5.92 Å². The summed E-state index contributed by atoms with van der Waals surface area (Å²) < 4.78 is 18.4. The van der Waals surface area contributed by atoms with Gasteiger partial charge in [0.1, 0.15) is 0 Å². The molecule has 1 aliphatic rings. The molecule has 5 rings (SSSR count). The van der Waals surface area contributed by atoms with Crippen molar-refractivity contribution in [2.45, 2.75) is 42.5 Å². The largest absolute Gasteiger partial charge is 0.493 e. The fourth-order valence-corrected chi connectivity index (χ4v) is 12.0. The maximum Gasteiger partial charge on any atom is 0.261 e. The Bertz CT molecular complexity index is 1350. The van der Waals surface area contributed by atoms with E-state index in [1.165, 1.54) is 20.8 Å². The summed E-state index contributed by atoms with van der Waals surface area (Å²) in [6.07, 6.45) is 1.12. The van der Waals surface area contributed by atoms with Crippen molar-refractivity contribution in [3.05, 3.63) is 115 Å². The van der Waals surface area contributed by atoms with Crippen molar-refractivity contribution >= 4 is 30.5 Å². The van der Waals surface area contributed by atoms with Crippen LogP contribution in [0.3, 0.4) is 0 Å². The highest BCUT2D eigenvalue weighted by Crippen LogP contribution is 2.57. The summed E-state index contributed by atoms with van der Waals surface area (Å²) in [6.45, 7) is 7.80. The zero-order valence-corrected chi connectivity index (χ0v) is 26.0. The number of ether oxygens (including phenoxy) is 2. The van der Waals surface area contributed by atoms with E-state index < -0.39 is 8.32 Å². The fourth-order valence-electron chi connectivity index (χ4n) is 6.09. The molecule has 0 aliphatic heterocycles. The van der Waals surface area contributed by atoms with Crippen LogP contribution in [0.2, 0.25) is 5.04 Å². The van der Waals surface area contributed by atoms with E-state index in [1.807, 2.05) is 17.8 Å². The van der Waals surface area contributed by atoms with Crippen molar-refractivity contribution in [3.63, 3.8) is 0 Å². The first-order valence-corrected chi connectivity index (χ1v) is 16.9. The minimum Gasteiger partial charge on any atom is -0.493 e. The van der Waals surface area contributed by atoms with Gasteiger partial charge in [0.25, 0.3) is 8.32 Å². The third-order valence-corrected chi connectivity index (χ3v) is 14.6. The molecule has 0 aromatic heterocycles. The van der Waals surface area contributed by atoms with Gasteiger partial charge in [-0.15, -0.1) is 11.8 Å². The lowest BCUT2D eigenvalue weighted by molar-refractivity contribution is 0.271. The Kier molecular flexibility index (Phi) is 8.46. The van der Waals surface area contributed by atoms with Crippen LogP contribution in [-0.4, -0.2) is 34.9 Å². The van der Waals surface area contributed by atoms with Gasteiger partial charge in [0.15, 0.2) is 11.5 Å². The summed E-state index contributed by atoms with van der Waals surface area (Å²) in [6, 6.07) is 39.1. The van der Waals surface area contributed by atoms with Gasteiger partial charge in [-0.05, 0) is 51.5 Å². The standard InChI is InChI=1S/C35H40O3SSi/c1-34(2,3)40(30-17-11-7-12-18-30,31-19-13-8-14-20-31)38-25-28-24-35(28,27-15-9-6-10-16-27)26-39-29-21-22-32(36-4)33(23-29)37-5/h6-23,28H,24-26H2,1-5H3. The van der Waals surface area contributed by atoms with Crippen molar-refractivity contribution in [2.75, 3.05) is 26.6 Å². The molecule has 5 heteroatoms. The van der Waals surface area contributed by atoms with Gasteiger partial charge in [-0.1, -0.05) is 112 Å². The van der Waals surface area contributed by atoms with Crippen LogP contribution >= 0.6 is 11.8 Å². The van der Waals surface area contributed by atoms with Crippen LogP contribution in [0.1, 0.15) is 32.8 Å². The van der Waals surface area contributed by atoms with Crippen LogP contribution < -0.4 is 19.8 Å². The zero-order valence-electron chi connectivity index (χ0n) is 24.2. The summed E-state index contributed by atoms with van der Waals surface area (Å²) in [5.41, 5.74) is 1.48. The Morgan fingerprint density at radius 3 is 1.82 bits per heavy atom. The minimum absolute atomic E-state index is 0.0333. The first kappa shape index (κ1) is 28.5. The van der Waals surface area contributed by atoms with Crippen molar-refractivity contribution in [2.24, 2.45) is 5.92 Å². The Labute approximate surface area is 245 Å². The van der Waals surface area contributed by atoms with E-state index in [9.17, 15) is 0 Å². The van der Waals surface area contributed by atoms with Crippen LogP contribution in [0.15, 0.2) is 114 Å². The molecule has 4 aromatic rings. The minimum atomic E-state index is -2.58. The van der Waals surface area contributed by atoms with Gasteiger partial charge in [0, 0.05) is 22.7 Å². The van der Waals surface area contributed by atoms with Gasteiger partial charge < -0.3 is 13.9 Å². The highest BCUT2D eigenvalue weighted by molar-refractivity contribution is 7.99. The molecule has 1 fully saturated rings. The third-order valence-electron chi connectivity index (χ3n) is 8.35. The number of hydrogen-bond acceptors (Lipinski definition) is 4. The lowest BCUT2D eigenvalue weighted by Crippen LogP contribution is -2.66. The molecule has 2 atom stereocenters. The molecule has 3 nitrogen and oxygen atoms in total. The first-order chi connectivity index (χ1) is 19.3. The third kappa shape index (κ3) is 5.47. The van der Waals surface area contributed by atoms with Gasteiger partial charge in [-0.25, -0.2) is 0 Å². The van der Waals surface area contributed by atoms with Crippen LogP contribution in [-0.2, 0) is 9.84 Å². The molecule has 0 N–H and O–H groups in total. The van der Waals surface area contributed by atoms with Crippen molar-refractivity contribution < 1.29 is 13.9 Å². The second kappa shape index (κ2) is 11.9. The van der Waals surface area contributed by atoms with E-state index in [0.29, 0.717) is 5.92 Å². The molecule has 0 heterocycles. The Morgan fingerprint density at radius 1 is 0.750 bits per heavy atom. The molecule has 40 heavy (non-hydrogen) atoms. The molecule has 0 radical (unpaired) electrons.